The first kappa shape index (κ1) is 18.3. The highest BCUT2D eigenvalue weighted by Gasteiger charge is 2.14. The topological polar surface area (TPSA) is 57.8 Å². The SMILES string of the molecule is O=C(NCCCSc1ccc(F)cc1)c1ccc2nc(C(F)F)[nH]c2c1. The van der Waals surface area contributed by atoms with Crippen molar-refractivity contribution in [3.8, 4) is 0 Å². The highest BCUT2D eigenvalue weighted by atomic mass is 32.2. The van der Waals surface area contributed by atoms with E-state index in [0.29, 0.717) is 23.1 Å². The highest BCUT2D eigenvalue weighted by molar-refractivity contribution is 7.99. The summed E-state index contributed by atoms with van der Waals surface area (Å²) in [5, 5.41) is 2.79. The second-order valence-corrected chi connectivity index (χ2v) is 6.73. The van der Waals surface area contributed by atoms with E-state index in [9.17, 15) is 18.0 Å². The number of rotatable bonds is 7. The van der Waals surface area contributed by atoms with Gasteiger partial charge in [-0.1, -0.05) is 0 Å². The lowest BCUT2D eigenvalue weighted by Gasteiger charge is -2.05. The molecule has 3 rings (SSSR count). The first-order chi connectivity index (χ1) is 12.5. The van der Waals surface area contributed by atoms with E-state index in [0.717, 1.165) is 17.1 Å². The number of thioether (sulfide) groups is 1. The molecule has 0 unspecified atom stereocenters. The molecule has 0 bridgehead atoms. The zero-order valence-corrected chi connectivity index (χ0v) is 14.5. The molecule has 3 aromatic rings. The summed E-state index contributed by atoms with van der Waals surface area (Å²) in [6, 6.07) is 10.9. The summed E-state index contributed by atoms with van der Waals surface area (Å²) < 4.78 is 38.1. The van der Waals surface area contributed by atoms with Crippen LogP contribution in [0.5, 0.6) is 0 Å². The lowest BCUT2D eigenvalue weighted by molar-refractivity contribution is 0.0954. The molecule has 136 valence electrons. The number of hydrogen-bond donors (Lipinski definition) is 2. The van der Waals surface area contributed by atoms with Crippen LogP contribution in [0.3, 0.4) is 0 Å². The average molecular weight is 379 g/mol. The molecule has 1 heterocycles. The van der Waals surface area contributed by atoms with Gasteiger partial charge in [0.25, 0.3) is 12.3 Å². The van der Waals surface area contributed by atoms with Crippen molar-refractivity contribution in [3.63, 3.8) is 0 Å². The molecule has 8 heteroatoms. The van der Waals surface area contributed by atoms with Gasteiger partial charge in [-0.2, -0.15) is 0 Å². The molecule has 2 aromatic carbocycles. The number of hydrogen-bond acceptors (Lipinski definition) is 3. The third-order valence-electron chi connectivity index (χ3n) is 3.66. The largest absolute Gasteiger partial charge is 0.352 e. The third kappa shape index (κ3) is 4.57. The lowest BCUT2D eigenvalue weighted by atomic mass is 10.2. The van der Waals surface area contributed by atoms with Crippen molar-refractivity contribution in [2.24, 2.45) is 0 Å². The minimum Gasteiger partial charge on any atom is -0.352 e. The maximum absolute atomic E-state index is 12.8. The maximum Gasteiger partial charge on any atom is 0.295 e. The Labute approximate surface area is 152 Å². The number of imidazole rings is 1. The van der Waals surface area contributed by atoms with Crippen LogP contribution >= 0.6 is 11.8 Å². The van der Waals surface area contributed by atoms with Crippen LogP contribution in [-0.4, -0.2) is 28.2 Å². The van der Waals surface area contributed by atoms with E-state index in [1.165, 1.54) is 24.3 Å². The van der Waals surface area contributed by atoms with E-state index in [1.807, 2.05) is 0 Å². The van der Waals surface area contributed by atoms with E-state index in [4.69, 9.17) is 0 Å². The van der Waals surface area contributed by atoms with Crippen LogP contribution in [0.4, 0.5) is 13.2 Å². The number of aromatic amines is 1. The second kappa shape index (κ2) is 8.27. The van der Waals surface area contributed by atoms with E-state index in [2.05, 4.69) is 15.3 Å². The van der Waals surface area contributed by atoms with Gasteiger partial charge in [0.05, 0.1) is 11.0 Å². The number of fused-ring (bicyclic) bond motifs is 1. The van der Waals surface area contributed by atoms with Gasteiger partial charge in [-0.3, -0.25) is 4.79 Å². The van der Waals surface area contributed by atoms with Crippen molar-refractivity contribution >= 4 is 28.7 Å². The van der Waals surface area contributed by atoms with Gasteiger partial charge in [-0.15, -0.1) is 11.8 Å². The quantitative estimate of drug-likeness (QED) is 0.468. The van der Waals surface area contributed by atoms with E-state index in [1.54, 1.807) is 30.0 Å². The Bertz CT molecular complexity index is 896. The second-order valence-electron chi connectivity index (χ2n) is 5.57. The molecule has 4 nitrogen and oxygen atoms in total. The van der Waals surface area contributed by atoms with Crippen LogP contribution in [0.25, 0.3) is 11.0 Å². The fraction of sp³-hybridized carbons (Fsp3) is 0.222. The Morgan fingerprint density at radius 2 is 1.96 bits per heavy atom. The fourth-order valence-corrected chi connectivity index (χ4v) is 3.22. The number of nitrogens with one attached hydrogen (secondary N) is 2. The number of amides is 1. The van der Waals surface area contributed by atoms with Crippen molar-refractivity contribution in [1.29, 1.82) is 0 Å². The zero-order chi connectivity index (χ0) is 18.5. The maximum atomic E-state index is 12.8. The number of aromatic nitrogens is 2. The number of nitrogens with zero attached hydrogens (tertiary/aromatic N) is 1. The lowest BCUT2D eigenvalue weighted by Crippen LogP contribution is -2.24. The van der Waals surface area contributed by atoms with Gasteiger partial charge in [0.1, 0.15) is 5.82 Å². The Kier molecular flexibility index (Phi) is 5.82. The molecule has 26 heavy (non-hydrogen) atoms. The summed E-state index contributed by atoms with van der Waals surface area (Å²) >= 11 is 1.58. The number of carbonyl (C=O) groups excluding carboxylic acids is 1. The standard InChI is InChI=1S/C18H16F3N3OS/c19-12-3-5-13(6-4-12)26-9-1-8-22-18(25)11-2-7-14-15(10-11)24-17(23-14)16(20)21/h2-7,10,16H,1,8-9H2,(H,22,25)(H,23,24). The average Bonchev–Trinajstić information content (AvgIpc) is 3.06. The van der Waals surface area contributed by atoms with Crippen LogP contribution < -0.4 is 5.32 Å². The summed E-state index contributed by atoms with van der Waals surface area (Å²) in [7, 11) is 0. The summed E-state index contributed by atoms with van der Waals surface area (Å²) in [5.41, 5.74) is 1.18. The minimum absolute atomic E-state index is 0.267. The molecular weight excluding hydrogens is 363 g/mol. The Morgan fingerprint density at radius 1 is 1.19 bits per heavy atom. The zero-order valence-electron chi connectivity index (χ0n) is 13.6. The van der Waals surface area contributed by atoms with Crippen molar-refractivity contribution in [1.82, 2.24) is 15.3 Å². The van der Waals surface area contributed by atoms with Crippen LogP contribution in [0.1, 0.15) is 29.0 Å². The van der Waals surface area contributed by atoms with Gasteiger partial charge in [0.15, 0.2) is 5.82 Å². The number of benzene rings is 2. The van der Waals surface area contributed by atoms with Crippen molar-refractivity contribution in [3.05, 3.63) is 59.7 Å². The molecular formula is C18H16F3N3OS. The molecule has 0 aliphatic rings. The van der Waals surface area contributed by atoms with E-state index >= 15 is 0 Å². The van der Waals surface area contributed by atoms with Crippen LogP contribution in [-0.2, 0) is 0 Å². The molecule has 0 saturated heterocycles. The van der Waals surface area contributed by atoms with Crippen LogP contribution in [0.15, 0.2) is 47.4 Å². The molecule has 0 fully saturated rings. The van der Waals surface area contributed by atoms with Crippen molar-refractivity contribution < 1.29 is 18.0 Å². The summed E-state index contributed by atoms with van der Waals surface area (Å²) in [6.45, 7) is 0.482. The van der Waals surface area contributed by atoms with Gasteiger partial charge < -0.3 is 10.3 Å². The van der Waals surface area contributed by atoms with E-state index < -0.39 is 12.2 Å². The molecule has 0 atom stereocenters. The van der Waals surface area contributed by atoms with Gasteiger partial charge in [-0.25, -0.2) is 18.2 Å². The summed E-state index contributed by atoms with van der Waals surface area (Å²) in [5.74, 6) is -0.165. The summed E-state index contributed by atoms with van der Waals surface area (Å²) in [6.07, 6.45) is -1.94. The molecule has 2 N–H and O–H groups in total. The predicted octanol–water partition coefficient (Wildman–Crippen LogP) is 4.55. The molecule has 0 saturated carbocycles. The monoisotopic (exact) mass is 379 g/mol. The summed E-state index contributed by atoms with van der Waals surface area (Å²) in [4.78, 5) is 19.4. The van der Waals surface area contributed by atoms with Crippen molar-refractivity contribution in [2.75, 3.05) is 12.3 Å². The normalized spacial score (nSPS) is 11.2. The number of carbonyl (C=O) groups is 1. The third-order valence-corrected chi connectivity index (χ3v) is 4.76. The van der Waals surface area contributed by atoms with Gasteiger partial charge in [0, 0.05) is 17.0 Å². The number of halogens is 3. The molecule has 0 aliphatic carbocycles. The smallest absolute Gasteiger partial charge is 0.295 e. The Hall–Kier alpha value is -2.48. The van der Waals surface area contributed by atoms with Gasteiger partial charge in [0.2, 0.25) is 0 Å². The first-order valence-electron chi connectivity index (χ1n) is 7.97. The van der Waals surface area contributed by atoms with Crippen LogP contribution in [0.2, 0.25) is 0 Å². The molecule has 0 spiro atoms. The minimum atomic E-state index is -2.68. The molecule has 0 aliphatic heterocycles. The predicted molar refractivity (Wildman–Crippen MR) is 95.1 cm³/mol. The fourth-order valence-electron chi connectivity index (χ4n) is 2.37. The van der Waals surface area contributed by atoms with Gasteiger partial charge >= 0.3 is 0 Å². The molecule has 0 radical (unpaired) electrons. The number of H-pyrrole nitrogens is 1. The van der Waals surface area contributed by atoms with Crippen LogP contribution in [0, 0.1) is 5.82 Å². The van der Waals surface area contributed by atoms with E-state index in [-0.39, 0.29) is 11.7 Å². The Balaban J connectivity index is 1.48. The molecule has 1 aromatic heterocycles. The number of alkyl halides is 2. The first-order valence-corrected chi connectivity index (χ1v) is 8.96. The Morgan fingerprint density at radius 3 is 2.69 bits per heavy atom. The van der Waals surface area contributed by atoms with Crippen molar-refractivity contribution in [2.45, 2.75) is 17.7 Å². The van der Waals surface area contributed by atoms with Gasteiger partial charge in [-0.05, 0) is 54.6 Å². The highest BCUT2D eigenvalue weighted by Crippen LogP contribution is 2.21. The molecule has 1 amide bonds.